The van der Waals surface area contributed by atoms with Gasteiger partial charge in [0.05, 0.1) is 6.61 Å². The summed E-state index contributed by atoms with van der Waals surface area (Å²) in [6, 6.07) is 5.99. The van der Waals surface area contributed by atoms with Gasteiger partial charge in [-0.25, -0.2) is 0 Å². The van der Waals surface area contributed by atoms with Crippen LogP contribution in [-0.2, 0) is 6.61 Å². The van der Waals surface area contributed by atoms with Crippen LogP contribution < -0.4 is 10.1 Å². The van der Waals surface area contributed by atoms with Gasteiger partial charge in [0, 0.05) is 35.2 Å². The zero-order chi connectivity index (χ0) is 14.5. The highest BCUT2D eigenvalue weighted by atomic mass is 16.5. The molecule has 1 aromatic carbocycles. The molecular weight excluding hydrogens is 256 g/mol. The third-order valence-corrected chi connectivity index (χ3v) is 3.11. The smallest absolute Gasteiger partial charge is 0.129 e. The zero-order valence-corrected chi connectivity index (χ0v) is 11.9. The Morgan fingerprint density at radius 3 is 2.85 bits per heavy atom. The minimum absolute atomic E-state index is 0.0438. The number of aliphatic hydroxyl groups excluding tert-OH is 2. The molecule has 1 atom stereocenters. The number of rotatable bonds is 7. The van der Waals surface area contributed by atoms with Gasteiger partial charge in [-0.1, -0.05) is 19.9 Å². The molecule has 1 unspecified atom stereocenters. The highest BCUT2D eigenvalue weighted by molar-refractivity contribution is 5.89. The van der Waals surface area contributed by atoms with Crippen molar-refractivity contribution in [2.24, 2.45) is 0 Å². The lowest BCUT2D eigenvalue weighted by molar-refractivity contribution is 0.105. The van der Waals surface area contributed by atoms with E-state index >= 15 is 0 Å². The van der Waals surface area contributed by atoms with E-state index in [9.17, 15) is 10.2 Å². The molecule has 20 heavy (non-hydrogen) atoms. The predicted molar refractivity (Wildman–Crippen MR) is 78.9 cm³/mol. The quantitative estimate of drug-likeness (QED) is 0.617. The van der Waals surface area contributed by atoms with Gasteiger partial charge in [0.25, 0.3) is 0 Å². The van der Waals surface area contributed by atoms with E-state index in [0.29, 0.717) is 18.3 Å². The van der Waals surface area contributed by atoms with E-state index in [4.69, 9.17) is 4.74 Å². The number of ether oxygens (including phenoxy) is 1. The Labute approximate surface area is 118 Å². The van der Waals surface area contributed by atoms with Crippen molar-refractivity contribution in [3.8, 4) is 5.75 Å². The van der Waals surface area contributed by atoms with Gasteiger partial charge in [0.15, 0.2) is 0 Å². The van der Waals surface area contributed by atoms with E-state index in [1.165, 1.54) is 0 Å². The number of fused-ring (bicyclic) bond motifs is 1. The Kier molecular flexibility index (Phi) is 5.00. The monoisotopic (exact) mass is 278 g/mol. The van der Waals surface area contributed by atoms with E-state index in [0.717, 1.165) is 16.5 Å². The standard InChI is InChI=1S/C15H22N2O3/c1-10(2)16-7-12(19)9-20-14-5-3-4-13-15(14)11(8-18)6-17-13/h3-6,10,12,16-19H,7-9H2,1-2H3. The van der Waals surface area contributed by atoms with Crippen molar-refractivity contribution in [2.45, 2.75) is 32.6 Å². The number of hydrogen-bond acceptors (Lipinski definition) is 4. The van der Waals surface area contributed by atoms with Crippen LogP contribution in [0.25, 0.3) is 10.9 Å². The summed E-state index contributed by atoms with van der Waals surface area (Å²) in [6.45, 7) is 4.73. The zero-order valence-electron chi connectivity index (χ0n) is 11.9. The SMILES string of the molecule is CC(C)NCC(O)COc1cccc2[nH]cc(CO)c12. The van der Waals surface area contributed by atoms with Gasteiger partial charge in [0.2, 0.25) is 0 Å². The number of benzene rings is 1. The first kappa shape index (κ1) is 14.8. The molecule has 5 heteroatoms. The van der Waals surface area contributed by atoms with Crippen molar-refractivity contribution < 1.29 is 14.9 Å². The molecule has 4 N–H and O–H groups in total. The molecule has 110 valence electrons. The summed E-state index contributed by atoms with van der Waals surface area (Å²) >= 11 is 0. The van der Waals surface area contributed by atoms with E-state index in [2.05, 4.69) is 10.3 Å². The molecule has 0 spiro atoms. The molecule has 0 aliphatic carbocycles. The Bertz CT molecular complexity index is 551. The number of nitrogens with one attached hydrogen (secondary N) is 2. The van der Waals surface area contributed by atoms with Gasteiger partial charge < -0.3 is 25.3 Å². The minimum Gasteiger partial charge on any atom is -0.490 e. The molecule has 0 fully saturated rings. The van der Waals surface area contributed by atoms with Crippen LogP contribution in [-0.4, -0.2) is 40.5 Å². The molecule has 0 saturated heterocycles. The molecule has 5 nitrogen and oxygen atoms in total. The largest absolute Gasteiger partial charge is 0.490 e. The summed E-state index contributed by atoms with van der Waals surface area (Å²) in [5.74, 6) is 0.677. The van der Waals surface area contributed by atoms with Crippen molar-refractivity contribution in [3.05, 3.63) is 30.0 Å². The molecular formula is C15H22N2O3. The van der Waals surface area contributed by atoms with Gasteiger partial charge in [-0.15, -0.1) is 0 Å². The van der Waals surface area contributed by atoms with Crippen molar-refractivity contribution in [1.82, 2.24) is 10.3 Å². The van der Waals surface area contributed by atoms with Crippen LogP contribution in [0.3, 0.4) is 0 Å². The van der Waals surface area contributed by atoms with Crippen molar-refractivity contribution in [1.29, 1.82) is 0 Å². The first-order valence-electron chi connectivity index (χ1n) is 6.86. The van der Waals surface area contributed by atoms with E-state index in [1.54, 1.807) is 6.20 Å². The van der Waals surface area contributed by atoms with Crippen molar-refractivity contribution >= 4 is 10.9 Å². The second-order valence-electron chi connectivity index (χ2n) is 5.18. The fourth-order valence-electron chi connectivity index (χ4n) is 2.08. The maximum absolute atomic E-state index is 9.86. The molecule has 2 aromatic rings. The van der Waals surface area contributed by atoms with E-state index in [-0.39, 0.29) is 13.2 Å². The van der Waals surface area contributed by atoms with Crippen LogP contribution >= 0.6 is 0 Å². The van der Waals surface area contributed by atoms with Gasteiger partial charge in [-0.3, -0.25) is 0 Å². The van der Waals surface area contributed by atoms with Crippen LogP contribution in [0, 0.1) is 0 Å². The van der Waals surface area contributed by atoms with Crippen molar-refractivity contribution in [2.75, 3.05) is 13.2 Å². The van der Waals surface area contributed by atoms with Crippen LogP contribution in [0.15, 0.2) is 24.4 Å². The van der Waals surface area contributed by atoms with Gasteiger partial charge in [0.1, 0.15) is 18.5 Å². The summed E-state index contributed by atoms with van der Waals surface area (Å²) in [4.78, 5) is 3.09. The fraction of sp³-hybridized carbons (Fsp3) is 0.467. The lowest BCUT2D eigenvalue weighted by Gasteiger charge is -2.15. The summed E-state index contributed by atoms with van der Waals surface area (Å²) in [5.41, 5.74) is 1.71. The number of aromatic amines is 1. The van der Waals surface area contributed by atoms with E-state index in [1.807, 2.05) is 32.0 Å². The topological polar surface area (TPSA) is 77.5 Å². The Morgan fingerprint density at radius 1 is 1.35 bits per heavy atom. The summed E-state index contributed by atoms with van der Waals surface area (Å²) in [7, 11) is 0. The maximum atomic E-state index is 9.86. The fourth-order valence-corrected chi connectivity index (χ4v) is 2.08. The third-order valence-electron chi connectivity index (χ3n) is 3.11. The highest BCUT2D eigenvalue weighted by Crippen LogP contribution is 2.28. The molecule has 1 aromatic heterocycles. The number of H-pyrrole nitrogens is 1. The second-order valence-corrected chi connectivity index (χ2v) is 5.18. The van der Waals surface area contributed by atoms with Gasteiger partial charge in [-0.2, -0.15) is 0 Å². The predicted octanol–water partition coefficient (Wildman–Crippen LogP) is 1.40. The maximum Gasteiger partial charge on any atom is 0.129 e. The molecule has 0 saturated carbocycles. The number of aromatic nitrogens is 1. The lowest BCUT2D eigenvalue weighted by atomic mass is 10.1. The normalized spacial score (nSPS) is 13.1. The molecule has 0 bridgehead atoms. The van der Waals surface area contributed by atoms with Gasteiger partial charge in [-0.05, 0) is 12.1 Å². The van der Waals surface area contributed by atoms with E-state index < -0.39 is 6.10 Å². The van der Waals surface area contributed by atoms with Gasteiger partial charge >= 0.3 is 0 Å². The summed E-state index contributed by atoms with van der Waals surface area (Å²) < 4.78 is 5.69. The Balaban J connectivity index is 2.04. The number of aliphatic hydroxyl groups is 2. The van der Waals surface area contributed by atoms with Crippen LogP contribution in [0.4, 0.5) is 0 Å². The van der Waals surface area contributed by atoms with Crippen molar-refractivity contribution in [3.63, 3.8) is 0 Å². The molecule has 1 heterocycles. The first-order valence-corrected chi connectivity index (χ1v) is 6.86. The molecule has 0 aliphatic heterocycles. The lowest BCUT2D eigenvalue weighted by Crippen LogP contribution is -2.35. The summed E-state index contributed by atoms with van der Waals surface area (Å²) in [5, 5.41) is 23.2. The first-order chi connectivity index (χ1) is 9.61. The molecule has 0 amide bonds. The minimum atomic E-state index is -0.566. The summed E-state index contributed by atoms with van der Waals surface area (Å²) in [6.07, 6.45) is 1.21. The Hall–Kier alpha value is -1.56. The average molecular weight is 278 g/mol. The highest BCUT2D eigenvalue weighted by Gasteiger charge is 2.11. The van der Waals surface area contributed by atoms with Crippen LogP contribution in [0.1, 0.15) is 19.4 Å². The van der Waals surface area contributed by atoms with Crippen LogP contribution in [0.2, 0.25) is 0 Å². The van der Waals surface area contributed by atoms with Crippen LogP contribution in [0.5, 0.6) is 5.75 Å². The molecule has 0 radical (unpaired) electrons. The number of hydrogen-bond donors (Lipinski definition) is 4. The Morgan fingerprint density at radius 2 is 2.15 bits per heavy atom. The second kappa shape index (κ2) is 6.74. The molecule has 0 aliphatic rings. The molecule has 2 rings (SSSR count). The third kappa shape index (κ3) is 3.50. The average Bonchev–Trinajstić information content (AvgIpc) is 2.86.